The van der Waals surface area contributed by atoms with Gasteiger partial charge in [-0.3, -0.25) is 14.5 Å². The molecule has 33 heavy (non-hydrogen) atoms. The Morgan fingerprint density at radius 1 is 1.12 bits per heavy atom. The van der Waals surface area contributed by atoms with E-state index in [1.807, 2.05) is 50.2 Å². The number of benzene rings is 1. The maximum atomic E-state index is 12.5. The number of Topliss-reactive ketones (excluding diaryl/α,β-unsaturated/α-hetero) is 1. The minimum atomic E-state index is -0.358. The second-order valence-electron chi connectivity index (χ2n) is 8.34. The number of aryl methyl sites for hydroxylation is 1. The van der Waals surface area contributed by atoms with Gasteiger partial charge in [0.1, 0.15) is 12.7 Å². The van der Waals surface area contributed by atoms with Gasteiger partial charge in [0.05, 0.1) is 18.0 Å². The summed E-state index contributed by atoms with van der Waals surface area (Å²) in [6.45, 7) is 5.59. The highest BCUT2D eigenvalue weighted by atomic mass is 32.1. The number of morpholine rings is 1. The molecule has 2 atom stereocenters. The highest BCUT2D eigenvalue weighted by Crippen LogP contribution is 2.28. The fourth-order valence-corrected chi connectivity index (χ4v) is 5.00. The van der Waals surface area contributed by atoms with Crippen LogP contribution in [0.2, 0.25) is 0 Å². The molecule has 2 amide bonds. The third kappa shape index (κ3) is 5.81. The topological polar surface area (TPSA) is 76.2 Å². The van der Waals surface area contributed by atoms with Gasteiger partial charge in [0.15, 0.2) is 5.78 Å². The highest BCUT2D eigenvalue weighted by molar-refractivity contribution is 7.14. The summed E-state index contributed by atoms with van der Waals surface area (Å²) in [5.74, 6) is 0.0789. The summed E-state index contributed by atoms with van der Waals surface area (Å²) >= 11 is 1.54. The highest BCUT2D eigenvalue weighted by Gasteiger charge is 2.32. The second kappa shape index (κ2) is 10.9. The van der Waals surface area contributed by atoms with E-state index in [1.54, 1.807) is 9.80 Å². The Hall–Kier alpha value is -2.71. The zero-order chi connectivity index (χ0) is 22.7. The molecular formula is C25H32N2O5S. The van der Waals surface area contributed by atoms with Crippen molar-refractivity contribution in [3.05, 3.63) is 46.2 Å². The number of ether oxygens (including phenoxy) is 2. The van der Waals surface area contributed by atoms with Gasteiger partial charge in [-0.25, -0.2) is 4.79 Å². The molecule has 0 N–H and O–H groups in total. The van der Waals surface area contributed by atoms with Crippen molar-refractivity contribution in [3.8, 4) is 0 Å². The molecule has 0 bridgehead atoms. The van der Waals surface area contributed by atoms with E-state index < -0.39 is 0 Å². The number of hydrogen-bond donors (Lipinski definition) is 0. The van der Waals surface area contributed by atoms with Crippen LogP contribution in [0.15, 0.2) is 36.4 Å². The van der Waals surface area contributed by atoms with Crippen LogP contribution in [0.4, 0.5) is 16.2 Å². The molecule has 1 unspecified atom stereocenters. The van der Waals surface area contributed by atoms with Gasteiger partial charge >= 0.3 is 6.09 Å². The van der Waals surface area contributed by atoms with Gasteiger partial charge in [0.2, 0.25) is 0 Å². The molecule has 2 fully saturated rings. The van der Waals surface area contributed by atoms with Gasteiger partial charge in [0.25, 0.3) is 5.91 Å². The number of carbonyl (C=O) groups is 3. The third-order valence-electron chi connectivity index (χ3n) is 5.93. The Bertz CT molecular complexity index is 987. The maximum Gasteiger partial charge on any atom is 0.414 e. The van der Waals surface area contributed by atoms with E-state index in [0.717, 1.165) is 40.4 Å². The molecule has 2 saturated heterocycles. The Morgan fingerprint density at radius 2 is 1.82 bits per heavy atom. The number of nitrogens with zero attached hydrogens (tertiary/aromatic N) is 2. The first-order valence-electron chi connectivity index (χ1n) is 11.0. The van der Waals surface area contributed by atoms with Crippen molar-refractivity contribution in [1.29, 1.82) is 0 Å². The monoisotopic (exact) mass is 472 g/mol. The fourth-order valence-electron chi connectivity index (χ4n) is 4.08. The Morgan fingerprint density at radius 3 is 2.45 bits per heavy atom. The number of rotatable bonds is 8. The van der Waals surface area contributed by atoms with Crippen molar-refractivity contribution < 1.29 is 23.9 Å². The molecule has 8 heteroatoms. The number of hydrogen-bond acceptors (Lipinski definition) is 6. The molecule has 0 spiro atoms. The summed E-state index contributed by atoms with van der Waals surface area (Å²) in [5.41, 5.74) is 1.55. The van der Waals surface area contributed by atoms with Gasteiger partial charge in [-0.15, -0.1) is 11.3 Å². The lowest BCUT2D eigenvalue weighted by atomic mass is 9.97. The minimum Gasteiger partial charge on any atom is -0.444 e. The number of carbonyl (C=O) groups excluding carboxylic acids is 3. The molecule has 0 aliphatic carbocycles. The zero-order valence-electron chi connectivity index (χ0n) is 18.4. The number of ketones is 1. The lowest BCUT2D eigenvalue weighted by Gasteiger charge is -2.27. The van der Waals surface area contributed by atoms with E-state index in [9.17, 15) is 14.4 Å². The van der Waals surface area contributed by atoms with Gasteiger partial charge in [-0.2, -0.15) is 0 Å². The van der Waals surface area contributed by atoms with Crippen LogP contribution in [0.25, 0.3) is 0 Å². The van der Waals surface area contributed by atoms with Crippen LogP contribution < -0.4 is 9.80 Å². The number of cyclic esters (lactones) is 1. The normalized spacial score (nSPS) is 19.3. The molecule has 2 aliphatic rings. The summed E-state index contributed by atoms with van der Waals surface area (Å²) < 4.78 is 10.7. The Balaban J connectivity index is 0.00000306. The van der Waals surface area contributed by atoms with E-state index in [-0.39, 0.29) is 43.8 Å². The molecule has 4 rings (SSSR count). The van der Waals surface area contributed by atoms with Crippen LogP contribution in [-0.2, 0) is 14.3 Å². The zero-order valence-corrected chi connectivity index (χ0v) is 19.2. The fraction of sp³-hybridized carbons (Fsp3) is 0.480. The first-order chi connectivity index (χ1) is 15.4. The molecular weight excluding hydrogens is 440 g/mol. The van der Waals surface area contributed by atoms with Gasteiger partial charge in [0, 0.05) is 28.7 Å². The SMILES string of the molecule is C.Cc1ccc(C(=O)C(C)CCC[C@H]2CN(c3ccc(N4CCOCC4=O)cc3)C(=O)O2)s1. The summed E-state index contributed by atoms with van der Waals surface area (Å²) in [6, 6.07) is 11.2. The van der Waals surface area contributed by atoms with Crippen molar-refractivity contribution in [2.24, 2.45) is 5.92 Å². The molecule has 0 saturated carbocycles. The quantitative estimate of drug-likeness (QED) is 0.502. The van der Waals surface area contributed by atoms with Crippen LogP contribution in [0.1, 0.15) is 48.2 Å². The molecule has 2 aromatic rings. The van der Waals surface area contributed by atoms with Crippen LogP contribution in [0.5, 0.6) is 0 Å². The summed E-state index contributed by atoms with van der Waals surface area (Å²) in [6.07, 6.45) is 1.77. The number of anilines is 2. The van der Waals surface area contributed by atoms with E-state index in [4.69, 9.17) is 9.47 Å². The van der Waals surface area contributed by atoms with E-state index in [1.165, 1.54) is 11.3 Å². The Kier molecular flexibility index (Phi) is 8.26. The van der Waals surface area contributed by atoms with Gasteiger partial charge in [-0.05, 0) is 62.6 Å². The smallest absolute Gasteiger partial charge is 0.414 e. The minimum absolute atomic E-state index is 0. The van der Waals surface area contributed by atoms with Crippen LogP contribution >= 0.6 is 11.3 Å². The summed E-state index contributed by atoms with van der Waals surface area (Å²) in [4.78, 5) is 42.2. The Labute approximate surface area is 199 Å². The van der Waals surface area contributed by atoms with E-state index >= 15 is 0 Å². The number of thiophene rings is 1. The number of amides is 2. The molecule has 3 heterocycles. The maximum absolute atomic E-state index is 12.5. The summed E-state index contributed by atoms with van der Waals surface area (Å²) in [5, 5.41) is 0. The molecule has 2 aliphatic heterocycles. The molecule has 0 radical (unpaired) electrons. The molecule has 1 aromatic carbocycles. The van der Waals surface area contributed by atoms with Gasteiger partial charge < -0.3 is 14.4 Å². The standard InChI is InChI=1S/C24H28N2O5S.CH4/c1-16(23(28)21-11-6-17(2)32-21)4-3-5-20-14-26(24(29)31-20)19-9-7-18(8-10-19)25-12-13-30-15-22(25)27;/h6-11,16,20H,3-5,12-15H2,1-2H3;1H4/t16?,20-;/m0./s1. The van der Waals surface area contributed by atoms with Crippen LogP contribution in [0, 0.1) is 12.8 Å². The predicted octanol–water partition coefficient (Wildman–Crippen LogP) is 5.07. The first kappa shape index (κ1) is 24.9. The van der Waals surface area contributed by atoms with Crippen molar-refractivity contribution in [2.75, 3.05) is 36.1 Å². The predicted molar refractivity (Wildman–Crippen MR) is 130 cm³/mol. The average Bonchev–Trinajstić information content (AvgIpc) is 3.39. The van der Waals surface area contributed by atoms with E-state index in [2.05, 4.69) is 0 Å². The first-order valence-corrected chi connectivity index (χ1v) is 11.8. The second-order valence-corrected chi connectivity index (χ2v) is 9.63. The van der Waals surface area contributed by atoms with Crippen molar-refractivity contribution >= 4 is 40.5 Å². The van der Waals surface area contributed by atoms with Crippen molar-refractivity contribution in [3.63, 3.8) is 0 Å². The molecule has 7 nitrogen and oxygen atoms in total. The van der Waals surface area contributed by atoms with Gasteiger partial charge in [-0.1, -0.05) is 14.4 Å². The van der Waals surface area contributed by atoms with E-state index in [0.29, 0.717) is 19.7 Å². The molecule has 178 valence electrons. The largest absolute Gasteiger partial charge is 0.444 e. The van der Waals surface area contributed by atoms with Crippen LogP contribution in [-0.4, -0.2) is 50.2 Å². The third-order valence-corrected chi connectivity index (χ3v) is 6.94. The van der Waals surface area contributed by atoms with Crippen LogP contribution in [0.3, 0.4) is 0 Å². The van der Waals surface area contributed by atoms with Crippen molar-refractivity contribution in [2.45, 2.75) is 46.6 Å². The lowest BCUT2D eigenvalue weighted by molar-refractivity contribution is -0.125. The summed E-state index contributed by atoms with van der Waals surface area (Å²) in [7, 11) is 0. The lowest BCUT2D eigenvalue weighted by Crippen LogP contribution is -2.41. The van der Waals surface area contributed by atoms with Crippen molar-refractivity contribution in [1.82, 2.24) is 0 Å². The average molecular weight is 473 g/mol. The molecule has 1 aromatic heterocycles.